The first-order valence-electron chi connectivity index (χ1n) is 9.30. The van der Waals surface area contributed by atoms with Gasteiger partial charge in [0.15, 0.2) is 5.52 Å². The van der Waals surface area contributed by atoms with Crippen LogP contribution in [0.5, 0.6) is 0 Å². The first kappa shape index (κ1) is 20.6. The van der Waals surface area contributed by atoms with Crippen molar-refractivity contribution in [3.63, 3.8) is 0 Å². The highest BCUT2D eigenvalue weighted by atomic mass is 35.5. The number of anilines is 3. The number of aliphatic hydroxyl groups is 1. The molecule has 0 saturated heterocycles. The summed E-state index contributed by atoms with van der Waals surface area (Å²) >= 11 is 6.06. The van der Waals surface area contributed by atoms with Gasteiger partial charge in [-0.05, 0) is 52.8 Å². The lowest BCUT2D eigenvalue weighted by Gasteiger charge is -2.26. The van der Waals surface area contributed by atoms with E-state index in [0.717, 1.165) is 5.69 Å². The number of likely N-dealkylation sites (N-methyl/N-ethyl adjacent to an activating group) is 1. The maximum absolute atomic E-state index is 11.9. The van der Waals surface area contributed by atoms with Gasteiger partial charge in [-0.25, -0.2) is 4.63 Å². The number of nitro benzene ring substituents is 1. The molecule has 2 heterocycles. The smallest absolute Gasteiger partial charge is 0.323 e. The number of halogens is 1. The molecule has 0 aliphatic carbocycles. The van der Waals surface area contributed by atoms with Gasteiger partial charge in [0.25, 0.3) is 0 Å². The van der Waals surface area contributed by atoms with Crippen molar-refractivity contribution in [3.8, 4) is 0 Å². The van der Waals surface area contributed by atoms with Crippen LogP contribution in [-0.4, -0.2) is 40.5 Å². The van der Waals surface area contributed by atoms with E-state index in [0.29, 0.717) is 23.0 Å². The van der Waals surface area contributed by atoms with Crippen molar-refractivity contribution in [2.75, 3.05) is 30.0 Å². The van der Waals surface area contributed by atoms with Crippen LogP contribution in [0.15, 0.2) is 57.8 Å². The number of hydrogen-bond donors (Lipinski definition) is 1. The SMILES string of the molecule is CN(CCO)c1cc(N(Cc2ccco2)c2ccc(Cl)cc2)c2nonc2c1[N+](=O)[O-]. The molecule has 0 radical (unpaired) electrons. The van der Waals surface area contributed by atoms with E-state index in [1.54, 1.807) is 42.5 Å². The third-order valence-corrected chi connectivity index (χ3v) is 5.08. The second-order valence-electron chi connectivity index (χ2n) is 6.77. The van der Waals surface area contributed by atoms with E-state index in [9.17, 15) is 15.2 Å². The Morgan fingerprint density at radius 2 is 1.90 bits per heavy atom. The molecule has 0 unspecified atom stereocenters. The monoisotopic (exact) mass is 443 g/mol. The van der Waals surface area contributed by atoms with Gasteiger partial charge >= 0.3 is 5.69 Å². The summed E-state index contributed by atoms with van der Waals surface area (Å²) in [4.78, 5) is 14.8. The summed E-state index contributed by atoms with van der Waals surface area (Å²) in [5, 5.41) is 29.5. The first-order chi connectivity index (χ1) is 15.0. The molecule has 0 amide bonds. The summed E-state index contributed by atoms with van der Waals surface area (Å²) in [5.74, 6) is 0.670. The first-order valence-corrected chi connectivity index (χ1v) is 9.68. The molecule has 0 saturated carbocycles. The van der Waals surface area contributed by atoms with Crippen molar-refractivity contribution < 1.29 is 19.1 Å². The number of nitro groups is 1. The van der Waals surface area contributed by atoms with Crippen LogP contribution >= 0.6 is 11.6 Å². The molecule has 4 aromatic rings. The summed E-state index contributed by atoms with van der Waals surface area (Å²) in [7, 11) is 1.65. The van der Waals surface area contributed by atoms with Crippen LogP contribution in [0.4, 0.5) is 22.7 Å². The Balaban J connectivity index is 1.95. The third-order valence-electron chi connectivity index (χ3n) is 4.82. The minimum atomic E-state index is -0.529. The van der Waals surface area contributed by atoms with Gasteiger partial charge in [0.05, 0.1) is 30.0 Å². The largest absolute Gasteiger partial charge is 0.467 e. The molecule has 160 valence electrons. The van der Waals surface area contributed by atoms with Crippen molar-refractivity contribution >= 4 is 45.4 Å². The quantitative estimate of drug-likeness (QED) is 0.316. The minimum absolute atomic E-state index is 0.0145. The van der Waals surface area contributed by atoms with Crippen molar-refractivity contribution in [2.45, 2.75) is 6.54 Å². The van der Waals surface area contributed by atoms with Crippen molar-refractivity contribution in [3.05, 3.63) is 69.6 Å². The number of aliphatic hydroxyl groups excluding tert-OH is 1. The van der Waals surface area contributed by atoms with Crippen LogP contribution in [-0.2, 0) is 6.54 Å². The van der Waals surface area contributed by atoms with Crippen LogP contribution in [0.25, 0.3) is 11.0 Å². The molecule has 4 rings (SSSR count). The van der Waals surface area contributed by atoms with Gasteiger partial charge in [-0.2, -0.15) is 0 Å². The normalized spacial score (nSPS) is 11.1. The molecule has 2 aromatic heterocycles. The fourth-order valence-corrected chi connectivity index (χ4v) is 3.47. The molecular formula is C20H18ClN5O5. The topological polar surface area (TPSA) is 122 Å². The van der Waals surface area contributed by atoms with Gasteiger partial charge in [-0.15, -0.1) is 0 Å². The second kappa shape index (κ2) is 8.62. The standard InChI is InChI=1S/C20H18ClN5O5/c1-24(8-9-27)17-11-16(18-19(23-31-22-18)20(17)26(28)29)25(12-15-3-2-10-30-15)14-6-4-13(21)5-7-14/h2-7,10-11,27H,8-9,12H2,1H3. The highest BCUT2D eigenvalue weighted by molar-refractivity contribution is 6.30. The fraction of sp³-hybridized carbons (Fsp3) is 0.200. The van der Waals surface area contributed by atoms with Crippen molar-refractivity contribution in [2.24, 2.45) is 0 Å². The zero-order valence-corrected chi connectivity index (χ0v) is 17.2. The predicted molar refractivity (Wildman–Crippen MR) is 115 cm³/mol. The molecule has 31 heavy (non-hydrogen) atoms. The number of aromatic nitrogens is 2. The lowest BCUT2D eigenvalue weighted by Crippen LogP contribution is -2.23. The summed E-state index contributed by atoms with van der Waals surface area (Å²) in [6, 6.07) is 12.4. The lowest BCUT2D eigenvalue weighted by atomic mass is 10.1. The van der Waals surface area contributed by atoms with Gasteiger partial charge in [0, 0.05) is 24.3 Å². The zero-order valence-electron chi connectivity index (χ0n) is 16.4. The fourth-order valence-electron chi connectivity index (χ4n) is 3.34. The van der Waals surface area contributed by atoms with Crippen molar-refractivity contribution in [1.82, 2.24) is 10.3 Å². The molecule has 0 aliphatic heterocycles. The molecule has 0 spiro atoms. The maximum Gasteiger partial charge on any atom is 0.323 e. The summed E-state index contributed by atoms with van der Waals surface area (Å²) in [6.45, 7) is 0.332. The van der Waals surface area contributed by atoms with E-state index in [1.165, 1.54) is 0 Å². The Morgan fingerprint density at radius 1 is 1.16 bits per heavy atom. The van der Waals surface area contributed by atoms with E-state index in [4.69, 9.17) is 20.6 Å². The van der Waals surface area contributed by atoms with Crippen molar-refractivity contribution in [1.29, 1.82) is 0 Å². The highest BCUT2D eigenvalue weighted by Crippen LogP contribution is 2.42. The highest BCUT2D eigenvalue weighted by Gasteiger charge is 2.30. The Bertz CT molecular complexity index is 1190. The van der Waals surface area contributed by atoms with Gasteiger partial charge in [0.1, 0.15) is 11.4 Å². The number of nitrogens with zero attached hydrogens (tertiary/aromatic N) is 5. The van der Waals surface area contributed by atoms with E-state index in [2.05, 4.69) is 10.3 Å². The molecule has 0 bridgehead atoms. The van der Waals surface area contributed by atoms with Crippen LogP contribution in [0.3, 0.4) is 0 Å². The molecule has 0 fully saturated rings. The molecule has 10 nitrogen and oxygen atoms in total. The lowest BCUT2D eigenvalue weighted by molar-refractivity contribution is -0.382. The number of hydrogen-bond acceptors (Lipinski definition) is 9. The van der Waals surface area contributed by atoms with E-state index >= 15 is 0 Å². The summed E-state index contributed by atoms with van der Waals surface area (Å²) < 4.78 is 10.4. The summed E-state index contributed by atoms with van der Waals surface area (Å²) in [6.07, 6.45) is 1.57. The minimum Gasteiger partial charge on any atom is -0.467 e. The Morgan fingerprint density at radius 3 is 2.55 bits per heavy atom. The second-order valence-corrected chi connectivity index (χ2v) is 7.21. The Hall–Kier alpha value is -3.63. The van der Waals surface area contributed by atoms with Gasteiger partial charge in [-0.1, -0.05) is 11.6 Å². The number of rotatable bonds is 8. The van der Waals surface area contributed by atoms with Gasteiger partial charge < -0.3 is 19.3 Å². The van der Waals surface area contributed by atoms with E-state index in [-0.39, 0.29) is 35.6 Å². The molecule has 0 aliphatic rings. The van der Waals surface area contributed by atoms with Crippen LogP contribution in [0, 0.1) is 10.1 Å². The predicted octanol–water partition coefficient (Wildman–Crippen LogP) is 4.14. The third kappa shape index (κ3) is 4.03. The van der Waals surface area contributed by atoms with Crippen LogP contribution in [0.2, 0.25) is 5.02 Å². The Kier molecular flexibility index (Phi) is 5.74. The maximum atomic E-state index is 11.9. The van der Waals surface area contributed by atoms with Crippen LogP contribution < -0.4 is 9.80 Å². The number of furan rings is 1. The average Bonchev–Trinajstić information content (AvgIpc) is 3.44. The van der Waals surface area contributed by atoms with Gasteiger partial charge in [0.2, 0.25) is 5.52 Å². The van der Waals surface area contributed by atoms with Gasteiger partial charge in [-0.3, -0.25) is 10.1 Å². The molecular weight excluding hydrogens is 426 g/mol. The zero-order chi connectivity index (χ0) is 22.0. The average molecular weight is 444 g/mol. The Labute approximate surface area is 181 Å². The molecule has 1 N–H and O–H groups in total. The molecule has 11 heteroatoms. The number of fused-ring (bicyclic) bond motifs is 1. The molecule has 2 aromatic carbocycles. The van der Waals surface area contributed by atoms with E-state index in [1.807, 2.05) is 23.1 Å². The number of benzene rings is 2. The molecule has 0 atom stereocenters. The van der Waals surface area contributed by atoms with E-state index < -0.39 is 4.92 Å². The van der Waals surface area contributed by atoms with Crippen LogP contribution in [0.1, 0.15) is 5.76 Å². The summed E-state index contributed by atoms with van der Waals surface area (Å²) in [5.41, 5.74) is 1.56.